The molecule has 134 valence electrons. The molecule has 0 radical (unpaired) electrons. The SMILES string of the molecule is N=C1N=CCN(c2ccc(CC=O)cc2)C1=C1NN=C(c2ccccc2)O1. The van der Waals surface area contributed by atoms with Crippen molar-refractivity contribution in [3.05, 3.63) is 77.3 Å². The number of hydrazone groups is 1. The summed E-state index contributed by atoms with van der Waals surface area (Å²) in [6, 6.07) is 17.2. The predicted molar refractivity (Wildman–Crippen MR) is 104 cm³/mol. The lowest BCUT2D eigenvalue weighted by Gasteiger charge is -2.28. The van der Waals surface area contributed by atoms with E-state index in [1.807, 2.05) is 59.5 Å². The number of benzene rings is 2. The Morgan fingerprint density at radius 3 is 2.67 bits per heavy atom. The van der Waals surface area contributed by atoms with Crippen LogP contribution in [0.25, 0.3) is 0 Å². The summed E-state index contributed by atoms with van der Waals surface area (Å²) in [6.45, 7) is 0.500. The van der Waals surface area contributed by atoms with E-state index in [0.29, 0.717) is 30.4 Å². The average Bonchev–Trinajstić information content (AvgIpc) is 3.19. The molecule has 7 heteroatoms. The Kier molecular flexibility index (Phi) is 4.49. The molecule has 0 unspecified atom stereocenters. The van der Waals surface area contributed by atoms with E-state index in [-0.39, 0.29) is 5.84 Å². The molecule has 0 spiro atoms. The molecule has 2 aromatic carbocycles. The first-order chi connectivity index (χ1) is 13.3. The molecule has 0 bridgehead atoms. The molecule has 2 N–H and O–H groups in total. The third kappa shape index (κ3) is 3.35. The highest BCUT2D eigenvalue weighted by Crippen LogP contribution is 2.26. The summed E-state index contributed by atoms with van der Waals surface area (Å²) in [5.74, 6) is 0.902. The second kappa shape index (κ2) is 7.25. The number of hydrogen-bond donors (Lipinski definition) is 2. The average molecular weight is 359 g/mol. The second-order valence-corrected chi connectivity index (χ2v) is 5.98. The molecule has 7 nitrogen and oxygen atoms in total. The summed E-state index contributed by atoms with van der Waals surface area (Å²) in [7, 11) is 0. The van der Waals surface area contributed by atoms with E-state index in [1.54, 1.807) is 6.21 Å². The van der Waals surface area contributed by atoms with Crippen molar-refractivity contribution in [2.45, 2.75) is 6.42 Å². The van der Waals surface area contributed by atoms with Crippen molar-refractivity contribution in [1.29, 1.82) is 5.41 Å². The number of amidine groups is 1. The van der Waals surface area contributed by atoms with Crippen LogP contribution >= 0.6 is 0 Å². The van der Waals surface area contributed by atoms with Crippen LogP contribution in [0.3, 0.4) is 0 Å². The fourth-order valence-electron chi connectivity index (χ4n) is 2.92. The van der Waals surface area contributed by atoms with Gasteiger partial charge in [-0.1, -0.05) is 30.3 Å². The van der Waals surface area contributed by atoms with Gasteiger partial charge in [0.2, 0.25) is 11.8 Å². The Morgan fingerprint density at radius 2 is 1.93 bits per heavy atom. The van der Waals surface area contributed by atoms with Crippen LogP contribution in [0.2, 0.25) is 0 Å². The molecule has 0 saturated carbocycles. The van der Waals surface area contributed by atoms with Gasteiger partial charge in [-0.2, -0.15) is 0 Å². The molecule has 0 atom stereocenters. The van der Waals surface area contributed by atoms with Crippen LogP contribution in [-0.2, 0) is 16.0 Å². The highest BCUT2D eigenvalue weighted by Gasteiger charge is 2.28. The topological polar surface area (TPSA) is 90.1 Å². The van der Waals surface area contributed by atoms with Gasteiger partial charge >= 0.3 is 0 Å². The smallest absolute Gasteiger partial charge is 0.245 e. The normalized spacial score (nSPS) is 18.7. The third-order valence-electron chi connectivity index (χ3n) is 4.24. The van der Waals surface area contributed by atoms with E-state index < -0.39 is 0 Å². The maximum Gasteiger partial charge on any atom is 0.245 e. The Morgan fingerprint density at radius 1 is 1.15 bits per heavy atom. The zero-order valence-electron chi connectivity index (χ0n) is 14.4. The number of nitrogens with zero attached hydrogens (tertiary/aromatic N) is 3. The molecule has 0 aromatic heterocycles. The first-order valence-corrected chi connectivity index (χ1v) is 8.49. The van der Waals surface area contributed by atoms with Crippen LogP contribution in [0.4, 0.5) is 5.69 Å². The number of anilines is 1. The van der Waals surface area contributed by atoms with E-state index in [9.17, 15) is 4.79 Å². The number of ether oxygens (including phenoxy) is 1. The van der Waals surface area contributed by atoms with Gasteiger partial charge in [0.25, 0.3) is 0 Å². The van der Waals surface area contributed by atoms with Crippen LogP contribution in [0.5, 0.6) is 0 Å². The van der Waals surface area contributed by atoms with Crippen molar-refractivity contribution < 1.29 is 9.53 Å². The molecule has 27 heavy (non-hydrogen) atoms. The van der Waals surface area contributed by atoms with Gasteiger partial charge in [-0.15, -0.1) is 5.10 Å². The van der Waals surface area contributed by atoms with Gasteiger partial charge in [0.05, 0.1) is 6.54 Å². The number of hydrogen-bond acceptors (Lipinski definition) is 6. The van der Waals surface area contributed by atoms with Crippen molar-refractivity contribution in [3.8, 4) is 0 Å². The van der Waals surface area contributed by atoms with E-state index in [0.717, 1.165) is 23.1 Å². The summed E-state index contributed by atoms with van der Waals surface area (Å²) in [4.78, 5) is 16.7. The Balaban J connectivity index is 1.65. The largest absolute Gasteiger partial charge is 0.417 e. The van der Waals surface area contributed by atoms with E-state index in [1.165, 1.54) is 0 Å². The monoisotopic (exact) mass is 359 g/mol. The quantitative estimate of drug-likeness (QED) is 0.821. The summed E-state index contributed by atoms with van der Waals surface area (Å²) in [5.41, 5.74) is 6.05. The first-order valence-electron chi connectivity index (χ1n) is 8.49. The molecular weight excluding hydrogens is 342 g/mol. The van der Waals surface area contributed by atoms with Gasteiger partial charge in [-0.3, -0.25) is 5.41 Å². The van der Waals surface area contributed by atoms with Gasteiger partial charge in [0.15, 0.2) is 5.84 Å². The molecular formula is C20H17N5O2. The fraction of sp³-hybridized carbons (Fsp3) is 0.100. The molecule has 0 saturated heterocycles. The van der Waals surface area contributed by atoms with E-state index in [4.69, 9.17) is 10.1 Å². The number of aliphatic imine (C=N–C) groups is 1. The van der Waals surface area contributed by atoms with Gasteiger partial charge < -0.3 is 14.4 Å². The van der Waals surface area contributed by atoms with Crippen LogP contribution in [0, 0.1) is 5.41 Å². The minimum absolute atomic E-state index is 0.0882. The molecule has 2 aromatic rings. The number of aldehydes is 1. The van der Waals surface area contributed by atoms with Crippen molar-refractivity contribution in [2.24, 2.45) is 10.1 Å². The Hall–Kier alpha value is -3.74. The van der Waals surface area contributed by atoms with E-state index in [2.05, 4.69) is 15.5 Å². The minimum Gasteiger partial charge on any atom is -0.417 e. The number of nitrogens with one attached hydrogen (secondary N) is 2. The van der Waals surface area contributed by atoms with Gasteiger partial charge in [-0.05, 0) is 29.8 Å². The summed E-state index contributed by atoms with van der Waals surface area (Å²) < 4.78 is 5.89. The van der Waals surface area contributed by atoms with Crippen molar-refractivity contribution in [2.75, 3.05) is 11.4 Å². The summed E-state index contributed by atoms with van der Waals surface area (Å²) in [5, 5.41) is 12.5. The van der Waals surface area contributed by atoms with Gasteiger partial charge in [0.1, 0.15) is 12.0 Å². The molecule has 0 fully saturated rings. The number of carbonyl (C=O) groups excluding carboxylic acids is 1. The first kappa shape index (κ1) is 16.7. The zero-order chi connectivity index (χ0) is 18.6. The molecule has 0 aliphatic carbocycles. The van der Waals surface area contributed by atoms with Crippen molar-refractivity contribution in [3.63, 3.8) is 0 Å². The molecule has 2 aliphatic heterocycles. The zero-order valence-corrected chi connectivity index (χ0v) is 14.4. The van der Waals surface area contributed by atoms with Gasteiger partial charge in [-0.25, -0.2) is 10.4 Å². The molecule has 4 rings (SSSR count). The third-order valence-corrected chi connectivity index (χ3v) is 4.24. The van der Waals surface area contributed by atoms with Crippen LogP contribution < -0.4 is 10.3 Å². The fourth-order valence-corrected chi connectivity index (χ4v) is 2.92. The standard InChI is InChI=1S/C20H17N5O2/c21-18-17(20-24-23-19(27-20)15-4-2-1-3-5-15)25(12-11-22-18)16-8-6-14(7-9-16)10-13-26/h1-9,11,13,21,24H,10,12H2. The summed E-state index contributed by atoms with van der Waals surface area (Å²) >= 11 is 0. The molecule has 0 amide bonds. The lowest BCUT2D eigenvalue weighted by Crippen LogP contribution is -2.35. The Bertz CT molecular complexity index is 962. The maximum atomic E-state index is 10.7. The lowest BCUT2D eigenvalue weighted by atomic mass is 10.1. The van der Waals surface area contributed by atoms with Crippen molar-refractivity contribution in [1.82, 2.24) is 5.43 Å². The Labute approximate surface area is 156 Å². The highest BCUT2D eigenvalue weighted by atomic mass is 16.5. The predicted octanol–water partition coefficient (Wildman–Crippen LogP) is 2.45. The van der Waals surface area contributed by atoms with Crippen LogP contribution in [-0.4, -0.2) is 30.8 Å². The lowest BCUT2D eigenvalue weighted by molar-refractivity contribution is -0.107. The van der Waals surface area contributed by atoms with E-state index >= 15 is 0 Å². The van der Waals surface area contributed by atoms with Crippen LogP contribution in [0.15, 0.2) is 76.3 Å². The number of rotatable bonds is 4. The maximum absolute atomic E-state index is 10.7. The van der Waals surface area contributed by atoms with Gasteiger partial charge in [0, 0.05) is 23.9 Å². The molecule has 2 aliphatic rings. The second-order valence-electron chi connectivity index (χ2n) is 5.98. The molecule has 2 heterocycles. The minimum atomic E-state index is 0.0882. The highest BCUT2D eigenvalue weighted by molar-refractivity contribution is 6.08. The van der Waals surface area contributed by atoms with Crippen molar-refractivity contribution >= 4 is 29.9 Å². The number of carbonyl (C=O) groups is 1. The van der Waals surface area contributed by atoms with Crippen LogP contribution in [0.1, 0.15) is 11.1 Å². The summed E-state index contributed by atoms with van der Waals surface area (Å²) in [6.07, 6.45) is 2.94.